The third-order valence-electron chi connectivity index (χ3n) is 3.62. The number of carbonyl (C=O) groups is 1. The minimum Gasteiger partial charge on any atom is -0.343 e. The molecule has 1 aliphatic rings. The van der Waals surface area contributed by atoms with E-state index in [2.05, 4.69) is 4.98 Å². The van der Waals surface area contributed by atoms with Crippen LogP contribution in [0.2, 0.25) is 0 Å². The van der Waals surface area contributed by atoms with Gasteiger partial charge in [-0.25, -0.2) is 13.4 Å². The lowest BCUT2D eigenvalue weighted by Crippen LogP contribution is -2.42. The van der Waals surface area contributed by atoms with E-state index >= 15 is 0 Å². The Morgan fingerprint density at radius 3 is 2.67 bits per heavy atom. The van der Waals surface area contributed by atoms with Gasteiger partial charge in [-0.05, 0) is 13.3 Å². The van der Waals surface area contributed by atoms with Crippen molar-refractivity contribution in [3.63, 3.8) is 0 Å². The monoisotopic (exact) mass is 314 g/mol. The van der Waals surface area contributed by atoms with Crippen molar-refractivity contribution >= 4 is 15.9 Å². The second-order valence-electron chi connectivity index (χ2n) is 5.48. The van der Waals surface area contributed by atoms with E-state index < -0.39 is 10.0 Å². The highest BCUT2D eigenvalue weighted by Gasteiger charge is 2.34. The van der Waals surface area contributed by atoms with Crippen LogP contribution in [-0.2, 0) is 16.6 Å². The van der Waals surface area contributed by atoms with Gasteiger partial charge in [0.2, 0.25) is 10.0 Å². The number of hydrogen-bond acceptors (Lipinski definition) is 4. The highest BCUT2D eigenvalue weighted by Crippen LogP contribution is 2.27. The summed E-state index contributed by atoms with van der Waals surface area (Å²) >= 11 is 0. The van der Waals surface area contributed by atoms with Crippen molar-refractivity contribution < 1.29 is 13.2 Å². The van der Waals surface area contributed by atoms with Gasteiger partial charge >= 0.3 is 0 Å². The largest absolute Gasteiger partial charge is 0.343 e. The topological polar surface area (TPSA) is 75.5 Å². The van der Waals surface area contributed by atoms with Gasteiger partial charge in [-0.3, -0.25) is 4.79 Å². The molecule has 21 heavy (non-hydrogen) atoms. The highest BCUT2D eigenvalue weighted by atomic mass is 32.2. The lowest BCUT2D eigenvalue weighted by molar-refractivity contribution is 0.0822. The maximum absolute atomic E-state index is 12.3. The molecule has 1 aromatic rings. The molecular weight excluding hydrogens is 292 g/mol. The van der Waals surface area contributed by atoms with E-state index in [0.29, 0.717) is 31.0 Å². The summed E-state index contributed by atoms with van der Waals surface area (Å²) < 4.78 is 27.9. The summed E-state index contributed by atoms with van der Waals surface area (Å²) in [7, 11) is 0.0695. The Hall–Kier alpha value is -1.41. The third-order valence-corrected chi connectivity index (χ3v) is 5.76. The average Bonchev–Trinajstić information content (AvgIpc) is 2.82. The fraction of sp³-hybridized carbons (Fsp3) is 0.692. The molecule has 0 unspecified atom stereocenters. The van der Waals surface area contributed by atoms with Crippen LogP contribution in [0, 0.1) is 0 Å². The first kappa shape index (κ1) is 16.0. The van der Waals surface area contributed by atoms with Gasteiger partial charge in [-0.1, -0.05) is 6.92 Å². The van der Waals surface area contributed by atoms with Crippen LogP contribution in [0.15, 0.2) is 6.20 Å². The van der Waals surface area contributed by atoms with E-state index in [1.54, 1.807) is 20.3 Å². The van der Waals surface area contributed by atoms with Crippen LogP contribution < -0.4 is 0 Å². The molecule has 1 atom stereocenters. The molecule has 0 fully saturated rings. The maximum Gasteiger partial charge on any atom is 0.273 e. The van der Waals surface area contributed by atoms with Gasteiger partial charge in [-0.15, -0.1) is 0 Å². The molecule has 2 rings (SSSR count). The molecule has 2 heterocycles. The first-order chi connectivity index (χ1) is 9.77. The standard InChI is InChI=1S/C13H22N4O3S/c1-5-8-21(19,20)17-7-6-16-9-11(13(18)15(3)4)14-12(16)10(17)2/h9-10H,5-8H2,1-4H3/t10-/m1/s1. The number of rotatable bonds is 4. The minimum absolute atomic E-state index is 0.140. The van der Waals surface area contributed by atoms with Crippen LogP contribution >= 0.6 is 0 Å². The Morgan fingerprint density at radius 1 is 1.43 bits per heavy atom. The van der Waals surface area contributed by atoms with Crippen LogP contribution in [0.4, 0.5) is 0 Å². The molecule has 0 N–H and O–H groups in total. The SMILES string of the molecule is CCCS(=O)(=O)N1CCn2cc(C(=O)N(C)C)nc2[C@H]1C. The summed E-state index contributed by atoms with van der Waals surface area (Å²) in [6.45, 7) is 4.61. The molecule has 1 aliphatic heterocycles. The Morgan fingerprint density at radius 2 is 2.10 bits per heavy atom. The van der Waals surface area contributed by atoms with Crippen LogP contribution in [0.1, 0.15) is 42.6 Å². The number of amides is 1. The molecule has 0 saturated carbocycles. The van der Waals surface area contributed by atoms with E-state index in [4.69, 9.17) is 0 Å². The van der Waals surface area contributed by atoms with Gasteiger partial charge < -0.3 is 9.47 Å². The van der Waals surface area contributed by atoms with Crippen LogP contribution in [0.25, 0.3) is 0 Å². The van der Waals surface area contributed by atoms with Crippen molar-refractivity contribution in [2.24, 2.45) is 0 Å². The average molecular weight is 314 g/mol. The molecule has 1 amide bonds. The third kappa shape index (κ3) is 2.96. The Balaban J connectivity index is 2.32. The summed E-state index contributed by atoms with van der Waals surface area (Å²) in [6.07, 6.45) is 2.29. The summed E-state index contributed by atoms with van der Waals surface area (Å²) in [5.74, 6) is 0.597. The van der Waals surface area contributed by atoms with Crippen LogP contribution in [0.5, 0.6) is 0 Å². The van der Waals surface area contributed by atoms with Gasteiger partial charge in [0.05, 0.1) is 11.8 Å². The first-order valence-corrected chi connectivity index (χ1v) is 8.67. The Labute approximate surface area is 125 Å². The number of hydrogen-bond donors (Lipinski definition) is 0. The zero-order chi connectivity index (χ0) is 15.8. The fourth-order valence-corrected chi connectivity index (χ4v) is 4.25. The molecule has 0 spiro atoms. The zero-order valence-electron chi connectivity index (χ0n) is 12.9. The fourth-order valence-electron chi connectivity index (χ4n) is 2.56. The number of nitrogens with zero attached hydrogens (tertiary/aromatic N) is 4. The highest BCUT2D eigenvalue weighted by molar-refractivity contribution is 7.89. The van der Waals surface area contributed by atoms with Crippen LogP contribution in [-0.4, -0.2) is 59.5 Å². The molecular formula is C13H22N4O3S. The molecule has 0 aromatic carbocycles. The quantitative estimate of drug-likeness (QED) is 0.820. The van der Waals surface area contributed by atoms with E-state index in [0.717, 1.165) is 0 Å². The van der Waals surface area contributed by atoms with Crippen LogP contribution in [0.3, 0.4) is 0 Å². The number of imidazole rings is 1. The van der Waals surface area contributed by atoms with Gasteiger partial charge in [0, 0.05) is 33.4 Å². The van der Waals surface area contributed by atoms with Gasteiger partial charge in [0.25, 0.3) is 5.91 Å². The van der Waals surface area contributed by atoms with Crippen molar-refractivity contribution in [3.8, 4) is 0 Å². The molecule has 0 saturated heterocycles. The summed E-state index contributed by atoms with van der Waals surface area (Å²) in [4.78, 5) is 17.8. The smallest absolute Gasteiger partial charge is 0.273 e. The Bertz CT molecular complexity index is 636. The van der Waals surface area contributed by atoms with E-state index in [9.17, 15) is 13.2 Å². The van der Waals surface area contributed by atoms with E-state index in [1.807, 2.05) is 18.4 Å². The van der Waals surface area contributed by atoms with Crippen molar-refractivity contribution in [3.05, 3.63) is 17.7 Å². The number of fused-ring (bicyclic) bond motifs is 1. The van der Waals surface area contributed by atoms with Crippen molar-refractivity contribution in [1.29, 1.82) is 0 Å². The van der Waals surface area contributed by atoms with E-state index in [-0.39, 0.29) is 17.7 Å². The first-order valence-electron chi connectivity index (χ1n) is 7.06. The number of sulfonamides is 1. The molecule has 0 radical (unpaired) electrons. The summed E-state index contributed by atoms with van der Waals surface area (Å²) in [5, 5.41) is 0. The maximum atomic E-state index is 12.3. The molecule has 0 bridgehead atoms. The van der Waals surface area contributed by atoms with Crippen molar-refractivity contribution in [2.45, 2.75) is 32.9 Å². The number of aromatic nitrogens is 2. The van der Waals surface area contributed by atoms with Crippen molar-refractivity contribution in [2.75, 3.05) is 26.4 Å². The molecule has 7 nitrogen and oxygen atoms in total. The predicted molar refractivity (Wildman–Crippen MR) is 79.4 cm³/mol. The normalized spacial score (nSPS) is 19.3. The molecule has 1 aromatic heterocycles. The van der Waals surface area contributed by atoms with Gasteiger partial charge in [-0.2, -0.15) is 4.31 Å². The lowest BCUT2D eigenvalue weighted by Gasteiger charge is -2.32. The molecule has 8 heteroatoms. The number of carbonyl (C=O) groups excluding carboxylic acids is 1. The lowest BCUT2D eigenvalue weighted by atomic mass is 10.2. The second-order valence-corrected chi connectivity index (χ2v) is 7.52. The van der Waals surface area contributed by atoms with Gasteiger partial charge in [0.1, 0.15) is 11.5 Å². The Kier molecular flexibility index (Phi) is 4.38. The molecule has 118 valence electrons. The summed E-state index contributed by atoms with van der Waals surface area (Å²) in [5.41, 5.74) is 0.358. The van der Waals surface area contributed by atoms with Crippen molar-refractivity contribution in [1.82, 2.24) is 18.8 Å². The second kappa shape index (κ2) is 5.76. The van der Waals surface area contributed by atoms with Gasteiger partial charge in [0.15, 0.2) is 0 Å². The molecule has 0 aliphatic carbocycles. The predicted octanol–water partition coefficient (Wildman–Crippen LogP) is 0.701. The van der Waals surface area contributed by atoms with E-state index in [1.165, 1.54) is 9.21 Å². The zero-order valence-corrected chi connectivity index (χ0v) is 13.7. The summed E-state index contributed by atoms with van der Waals surface area (Å²) in [6, 6.07) is -0.348. The minimum atomic E-state index is -3.27.